The van der Waals surface area contributed by atoms with Crippen LogP contribution < -0.4 is 0 Å². The Bertz CT molecular complexity index is 823. The molecule has 2 nitrogen and oxygen atoms in total. The molecule has 0 spiro atoms. The van der Waals surface area contributed by atoms with Crippen LogP contribution >= 0.6 is 0 Å². The van der Waals surface area contributed by atoms with Crippen LogP contribution in [0.5, 0.6) is 0 Å². The molecule has 0 aliphatic carbocycles. The van der Waals surface area contributed by atoms with Crippen LogP contribution in [0.4, 0.5) is 0 Å². The predicted octanol–water partition coefficient (Wildman–Crippen LogP) is 5.90. The van der Waals surface area contributed by atoms with E-state index in [-0.39, 0.29) is 5.97 Å². The number of carbonyl (C=O) groups is 1. The molecule has 0 saturated carbocycles. The van der Waals surface area contributed by atoms with E-state index in [0.717, 1.165) is 28.0 Å². The van der Waals surface area contributed by atoms with E-state index in [1.165, 1.54) is 12.8 Å². The number of ether oxygens (including phenoxy) is 1. The molecular formula is C22H22O2. The third-order valence-corrected chi connectivity index (χ3v) is 4.18. The first kappa shape index (κ1) is 16.3. The largest absolute Gasteiger partial charge is 0.458 e. The van der Waals surface area contributed by atoms with E-state index in [1.54, 1.807) is 0 Å². The fourth-order valence-corrected chi connectivity index (χ4v) is 2.94. The summed E-state index contributed by atoms with van der Waals surface area (Å²) in [5.74, 6) is -0.261. The van der Waals surface area contributed by atoms with E-state index in [0.29, 0.717) is 12.2 Å². The molecule has 2 heteroatoms. The quantitative estimate of drug-likeness (QED) is 0.245. The Balaban J connectivity index is 1.91. The minimum atomic E-state index is -0.261. The third kappa shape index (κ3) is 3.48. The number of unbranched alkanes of at least 4 members (excludes halogenated alkanes) is 2. The molecule has 0 aliphatic rings. The maximum Gasteiger partial charge on any atom is 0.339 e. The summed E-state index contributed by atoms with van der Waals surface area (Å²) in [6.07, 6.45) is 7.38. The monoisotopic (exact) mass is 318 g/mol. The van der Waals surface area contributed by atoms with E-state index in [9.17, 15) is 4.79 Å². The predicted molar refractivity (Wildman–Crippen MR) is 100 cm³/mol. The van der Waals surface area contributed by atoms with Crippen LogP contribution in [0.15, 0.2) is 66.7 Å². The normalized spacial score (nSPS) is 11.4. The van der Waals surface area contributed by atoms with Crippen molar-refractivity contribution in [1.82, 2.24) is 0 Å². The number of carbonyl (C=O) groups excluding carboxylic acids is 1. The first-order valence-electron chi connectivity index (χ1n) is 8.54. The van der Waals surface area contributed by atoms with Crippen LogP contribution in [-0.2, 0) is 4.74 Å². The summed E-state index contributed by atoms with van der Waals surface area (Å²) < 4.78 is 5.50. The standard InChI is InChI=1S/C22H22O2/c1-2-3-4-5-10-15-24-22(23)21-19-13-8-6-11-17(19)16-18-12-7-9-14-20(18)21/h5-14,16H,2-4,15H2,1H3. The molecular weight excluding hydrogens is 296 g/mol. The molecule has 0 radical (unpaired) electrons. The van der Waals surface area contributed by atoms with Crippen molar-refractivity contribution in [1.29, 1.82) is 0 Å². The van der Waals surface area contributed by atoms with Gasteiger partial charge in [0, 0.05) is 0 Å². The second-order valence-electron chi connectivity index (χ2n) is 5.91. The van der Waals surface area contributed by atoms with Gasteiger partial charge in [-0.3, -0.25) is 0 Å². The SMILES string of the molecule is CCCCC=CCOC(=O)c1c2ccccc2cc2ccccc12. The summed E-state index contributed by atoms with van der Waals surface area (Å²) >= 11 is 0. The van der Waals surface area contributed by atoms with Crippen molar-refractivity contribution in [2.45, 2.75) is 26.2 Å². The van der Waals surface area contributed by atoms with Gasteiger partial charge in [0.25, 0.3) is 0 Å². The van der Waals surface area contributed by atoms with Crippen LogP contribution in [0.25, 0.3) is 21.5 Å². The zero-order valence-electron chi connectivity index (χ0n) is 14.0. The van der Waals surface area contributed by atoms with Gasteiger partial charge in [-0.2, -0.15) is 0 Å². The molecule has 0 fully saturated rings. The smallest absolute Gasteiger partial charge is 0.339 e. The molecule has 0 heterocycles. The van der Waals surface area contributed by atoms with Crippen molar-refractivity contribution in [2.24, 2.45) is 0 Å². The zero-order valence-corrected chi connectivity index (χ0v) is 14.0. The number of rotatable bonds is 6. The Morgan fingerprint density at radius 1 is 0.958 bits per heavy atom. The van der Waals surface area contributed by atoms with E-state index < -0.39 is 0 Å². The lowest BCUT2D eigenvalue weighted by Gasteiger charge is -2.10. The van der Waals surface area contributed by atoms with Gasteiger partial charge in [-0.1, -0.05) is 80.4 Å². The molecule has 3 rings (SSSR count). The third-order valence-electron chi connectivity index (χ3n) is 4.18. The molecule has 122 valence electrons. The summed E-state index contributed by atoms with van der Waals surface area (Å²) in [6, 6.07) is 18.0. The first-order chi connectivity index (χ1) is 11.8. The fourth-order valence-electron chi connectivity index (χ4n) is 2.94. The highest BCUT2D eigenvalue weighted by molar-refractivity contribution is 6.16. The van der Waals surface area contributed by atoms with E-state index >= 15 is 0 Å². The van der Waals surface area contributed by atoms with Crippen LogP contribution in [0, 0.1) is 0 Å². The van der Waals surface area contributed by atoms with Gasteiger partial charge in [0.05, 0.1) is 5.56 Å². The van der Waals surface area contributed by atoms with E-state index in [4.69, 9.17) is 4.74 Å². The number of hydrogen-bond acceptors (Lipinski definition) is 2. The molecule has 0 bridgehead atoms. The van der Waals surface area contributed by atoms with Gasteiger partial charge < -0.3 is 4.74 Å². The summed E-state index contributed by atoms with van der Waals surface area (Å²) in [7, 11) is 0. The number of hydrogen-bond donors (Lipinski definition) is 0. The van der Waals surface area contributed by atoms with Crippen molar-refractivity contribution in [3.8, 4) is 0 Å². The van der Waals surface area contributed by atoms with Gasteiger partial charge in [-0.15, -0.1) is 0 Å². The van der Waals surface area contributed by atoms with Gasteiger partial charge in [0.2, 0.25) is 0 Å². The highest BCUT2D eigenvalue weighted by Gasteiger charge is 2.15. The fraction of sp³-hybridized carbons (Fsp3) is 0.227. The Kier molecular flexibility index (Phi) is 5.27. The highest BCUT2D eigenvalue weighted by atomic mass is 16.5. The van der Waals surface area contributed by atoms with Gasteiger partial charge in [-0.05, 0) is 34.0 Å². The molecule has 3 aromatic rings. The van der Waals surface area contributed by atoms with Crippen LogP contribution in [0.2, 0.25) is 0 Å². The maximum absolute atomic E-state index is 12.7. The van der Waals surface area contributed by atoms with Crippen LogP contribution in [0.1, 0.15) is 36.5 Å². The summed E-state index contributed by atoms with van der Waals surface area (Å²) in [5.41, 5.74) is 0.658. The van der Waals surface area contributed by atoms with Crippen molar-refractivity contribution in [3.05, 3.63) is 72.3 Å². The van der Waals surface area contributed by atoms with Crippen LogP contribution in [0.3, 0.4) is 0 Å². The molecule has 0 saturated heterocycles. The minimum Gasteiger partial charge on any atom is -0.458 e. The van der Waals surface area contributed by atoms with Gasteiger partial charge in [-0.25, -0.2) is 4.79 Å². The summed E-state index contributed by atoms with van der Waals surface area (Å²) in [4.78, 5) is 12.7. The molecule has 24 heavy (non-hydrogen) atoms. The minimum absolute atomic E-state index is 0.261. The number of allylic oxidation sites excluding steroid dienone is 1. The average molecular weight is 318 g/mol. The van der Waals surface area contributed by atoms with Crippen molar-refractivity contribution in [2.75, 3.05) is 6.61 Å². The number of fused-ring (bicyclic) bond motifs is 2. The van der Waals surface area contributed by atoms with Crippen molar-refractivity contribution < 1.29 is 9.53 Å². The lowest BCUT2D eigenvalue weighted by molar-refractivity contribution is 0.0554. The summed E-state index contributed by atoms with van der Waals surface area (Å²) in [6.45, 7) is 2.49. The number of benzene rings is 3. The second-order valence-corrected chi connectivity index (χ2v) is 5.91. The van der Waals surface area contributed by atoms with Crippen molar-refractivity contribution in [3.63, 3.8) is 0 Å². The Morgan fingerprint density at radius 3 is 2.21 bits per heavy atom. The molecule has 0 aromatic heterocycles. The molecule has 0 aliphatic heterocycles. The van der Waals surface area contributed by atoms with Crippen molar-refractivity contribution >= 4 is 27.5 Å². The average Bonchev–Trinajstić information content (AvgIpc) is 2.62. The molecule has 3 aromatic carbocycles. The maximum atomic E-state index is 12.7. The second kappa shape index (κ2) is 7.78. The Labute approximate surface area is 142 Å². The molecule has 0 N–H and O–H groups in total. The number of esters is 1. The Hall–Kier alpha value is -2.61. The summed E-state index contributed by atoms with van der Waals surface area (Å²) in [5, 5.41) is 4.00. The topological polar surface area (TPSA) is 26.3 Å². The molecule has 0 unspecified atom stereocenters. The van der Waals surface area contributed by atoms with Gasteiger partial charge in [0.15, 0.2) is 0 Å². The van der Waals surface area contributed by atoms with Crippen LogP contribution in [-0.4, -0.2) is 12.6 Å². The van der Waals surface area contributed by atoms with E-state index in [1.807, 2.05) is 54.6 Å². The Morgan fingerprint density at radius 2 is 1.58 bits per heavy atom. The van der Waals surface area contributed by atoms with E-state index in [2.05, 4.69) is 19.1 Å². The molecule has 0 amide bonds. The van der Waals surface area contributed by atoms with Gasteiger partial charge >= 0.3 is 5.97 Å². The van der Waals surface area contributed by atoms with Gasteiger partial charge in [0.1, 0.15) is 6.61 Å². The first-order valence-corrected chi connectivity index (χ1v) is 8.54. The molecule has 0 atom stereocenters. The lowest BCUT2D eigenvalue weighted by Crippen LogP contribution is -2.07. The lowest BCUT2D eigenvalue weighted by atomic mass is 9.97. The highest BCUT2D eigenvalue weighted by Crippen LogP contribution is 2.29. The zero-order chi connectivity index (χ0) is 16.8.